The van der Waals surface area contributed by atoms with Gasteiger partial charge in [0.2, 0.25) is 5.88 Å². The highest BCUT2D eigenvalue weighted by Gasteiger charge is 2.26. The van der Waals surface area contributed by atoms with Crippen LogP contribution in [0.5, 0.6) is 0 Å². The van der Waals surface area contributed by atoms with Gasteiger partial charge in [-0.15, -0.1) is 0 Å². The Labute approximate surface area is 86.7 Å². The van der Waals surface area contributed by atoms with Crippen LogP contribution in [0.1, 0.15) is 29.6 Å². The molecule has 1 heterocycles. The molecule has 0 unspecified atom stereocenters. The molecule has 2 rings (SSSR count). The number of carbonyl (C=O) groups excluding carboxylic acids is 1. The lowest BCUT2D eigenvalue weighted by molar-refractivity contribution is 0.0602. The van der Waals surface area contributed by atoms with Crippen molar-refractivity contribution in [3.63, 3.8) is 0 Å². The van der Waals surface area contributed by atoms with Crippen LogP contribution in [0.2, 0.25) is 0 Å². The lowest BCUT2D eigenvalue weighted by Gasteiger charge is -2.26. The van der Waals surface area contributed by atoms with Gasteiger partial charge in [0.1, 0.15) is 0 Å². The van der Waals surface area contributed by atoms with Crippen molar-refractivity contribution in [2.75, 3.05) is 18.2 Å². The topological polar surface area (TPSA) is 90.4 Å². The van der Waals surface area contributed by atoms with Crippen molar-refractivity contribution in [1.82, 2.24) is 5.16 Å². The Kier molecular flexibility index (Phi) is 2.49. The van der Waals surface area contributed by atoms with Gasteiger partial charge in [-0.3, -0.25) is 0 Å². The van der Waals surface area contributed by atoms with E-state index in [1.165, 1.54) is 13.5 Å². The van der Waals surface area contributed by atoms with Crippen LogP contribution in [-0.2, 0) is 4.74 Å². The molecule has 1 aliphatic carbocycles. The maximum Gasteiger partial charge on any atom is 0.347 e. The van der Waals surface area contributed by atoms with Crippen molar-refractivity contribution in [3.05, 3.63) is 5.56 Å². The summed E-state index contributed by atoms with van der Waals surface area (Å²) in [5, 5.41) is 6.79. The Morgan fingerprint density at radius 3 is 2.93 bits per heavy atom. The third kappa shape index (κ3) is 1.74. The smallest absolute Gasteiger partial charge is 0.347 e. The zero-order chi connectivity index (χ0) is 10.8. The Morgan fingerprint density at radius 2 is 2.40 bits per heavy atom. The van der Waals surface area contributed by atoms with Gasteiger partial charge in [-0.2, -0.15) is 0 Å². The van der Waals surface area contributed by atoms with E-state index in [0.29, 0.717) is 11.9 Å². The number of nitrogens with one attached hydrogen (secondary N) is 1. The normalized spacial score (nSPS) is 15.8. The van der Waals surface area contributed by atoms with Crippen molar-refractivity contribution in [3.8, 4) is 0 Å². The van der Waals surface area contributed by atoms with Crippen molar-refractivity contribution in [2.24, 2.45) is 0 Å². The minimum absolute atomic E-state index is 0.0105. The standard InChI is InChI=1S/C9H13N3O3/c1-14-9(13)6-7(10)15-12-8(6)11-5-3-2-4-5/h5H,2-4,10H2,1H3,(H,11,12). The molecule has 15 heavy (non-hydrogen) atoms. The van der Waals surface area contributed by atoms with E-state index in [1.807, 2.05) is 0 Å². The minimum atomic E-state index is -0.532. The number of methoxy groups -OCH3 is 1. The molecule has 6 nitrogen and oxygen atoms in total. The SMILES string of the molecule is COC(=O)c1c(NC2CCC2)noc1N. The van der Waals surface area contributed by atoms with Gasteiger partial charge in [0, 0.05) is 6.04 Å². The molecule has 3 N–H and O–H groups in total. The minimum Gasteiger partial charge on any atom is -0.465 e. The fraction of sp³-hybridized carbons (Fsp3) is 0.556. The molecule has 0 aromatic carbocycles. The van der Waals surface area contributed by atoms with Crippen LogP contribution in [0.25, 0.3) is 0 Å². The first kappa shape index (κ1) is 9.82. The number of nitrogens with two attached hydrogens (primary N) is 1. The molecule has 0 bridgehead atoms. The predicted octanol–water partition coefficient (Wildman–Crippen LogP) is 1.01. The maximum atomic E-state index is 11.4. The molecule has 6 heteroatoms. The number of nitrogens with zero attached hydrogens (tertiary/aromatic N) is 1. The highest BCUT2D eigenvalue weighted by molar-refractivity contribution is 5.98. The van der Waals surface area contributed by atoms with Gasteiger partial charge in [-0.05, 0) is 19.3 Å². The van der Waals surface area contributed by atoms with E-state index in [4.69, 9.17) is 10.3 Å². The van der Waals surface area contributed by atoms with E-state index in [9.17, 15) is 4.79 Å². The van der Waals surface area contributed by atoms with Crippen LogP contribution in [0, 0.1) is 0 Å². The van der Waals surface area contributed by atoms with Crippen LogP contribution in [0.15, 0.2) is 4.52 Å². The first-order valence-corrected chi connectivity index (χ1v) is 4.82. The van der Waals surface area contributed by atoms with Crippen LogP contribution in [0.3, 0.4) is 0 Å². The van der Waals surface area contributed by atoms with E-state index in [2.05, 4.69) is 15.2 Å². The second-order valence-electron chi connectivity index (χ2n) is 3.53. The van der Waals surface area contributed by atoms with E-state index < -0.39 is 5.97 Å². The van der Waals surface area contributed by atoms with Gasteiger partial charge in [-0.1, -0.05) is 5.16 Å². The van der Waals surface area contributed by atoms with Crippen molar-refractivity contribution in [1.29, 1.82) is 0 Å². The number of hydrogen-bond donors (Lipinski definition) is 2. The fourth-order valence-corrected chi connectivity index (χ4v) is 1.45. The summed E-state index contributed by atoms with van der Waals surface area (Å²) in [6, 6.07) is 0.359. The first-order valence-electron chi connectivity index (χ1n) is 4.82. The van der Waals surface area contributed by atoms with Gasteiger partial charge < -0.3 is 20.3 Å². The molecular weight excluding hydrogens is 198 g/mol. The zero-order valence-electron chi connectivity index (χ0n) is 8.45. The molecule has 0 spiro atoms. The molecule has 0 radical (unpaired) electrons. The summed E-state index contributed by atoms with van der Waals surface area (Å²) in [5.74, 6) is -0.164. The predicted molar refractivity (Wildman–Crippen MR) is 53.5 cm³/mol. The summed E-state index contributed by atoms with van der Waals surface area (Å²) >= 11 is 0. The van der Waals surface area contributed by atoms with E-state index >= 15 is 0 Å². The van der Waals surface area contributed by atoms with Gasteiger partial charge >= 0.3 is 5.97 Å². The average Bonchev–Trinajstić information content (AvgIpc) is 2.52. The highest BCUT2D eigenvalue weighted by atomic mass is 16.5. The summed E-state index contributed by atoms with van der Waals surface area (Å²) < 4.78 is 9.34. The third-order valence-corrected chi connectivity index (χ3v) is 2.55. The number of nitrogen functional groups attached to an aromatic ring is 1. The van der Waals surface area contributed by atoms with Crippen molar-refractivity contribution in [2.45, 2.75) is 25.3 Å². The molecule has 1 aliphatic rings. The second-order valence-corrected chi connectivity index (χ2v) is 3.53. The fourth-order valence-electron chi connectivity index (χ4n) is 1.45. The van der Waals surface area contributed by atoms with E-state index in [-0.39, 0.29) is 11.4 Å². The molecule has 1 aromatic rings. The maximum absolute atomic E-state index is 11.4. The summed E-state index contributed by atoms with van der Waals surface area (Å²) in [5.41, 5.74) is 5.67. The number of anilines is 2. The Morgan fingerprint density at radius 1 is 1.67 bits per heavy atom. The Bertz CT molecular complexity index is 371. The summed E-state index contributed by atoms with van der Waals surface area (Å²) in [6.07, 6.45) is 3.35. The van der Waals surface area contributed by atoms with E-state index in [0.717, 1.165) is 12.8 Å². The summed E-state index contributed by atoms with van der Waals surface area (Å²) in [6.45, 7) is 0. The van der Waals surface area contributed by atoms with Crippen LogP contribution < -0.4 is 11.1 Å². The molecule has 1 saturated carbocycles. The second kappa shape index (κ2) is 3.80. The quantitative estimate of drug-likeness (QED) is 0.725. The third-order valence-electron chi connectivity index (χ3n) is 2.55. The zero-order valence-corrected chi connectivity index (χ0v) is 8.45. The number of ether oxygens (including phenoxy) is 1. The Hall–Kier alpha value is -1.72. The number of esters is 1. The van der Waals surface area contributed by atoms with Gasteiger partial charge in [0.25, 0.3) is 0 Å². The average molecular weight is 211 g/mol. The summed E-state index contributed by atoms with van der Waals surface area (Å²) in [7, 11) is 1.29. The molecule has 1 aromatic heterocycles. The number of aromatic nitrogens is 1. The van der Waals surface area contributed by atoms with E-state index in [1.54, 1.807) is 0 Å². The molecule has 1 fully saturated rings. The lowest BCUT2D eigenvalue weighted by atomic mass is 9.93. The van der Waals surface area contributed by atoms with Crippen LogP contribution in [-0.4, -0.2) is 24.3 Å². The molecule has 82 valence electrons. The monoisotopic (exact) mass is 211 g/mol. The first-order chi connectivity index (χ1) is 7.22. The number of hydrogen-bond acceptors (Lipinski definition) is 6. The van der Waals surface area contributed by atoms with Crippen LogP contribution >= 0.6 is 0 Å². The molecule has 0 amide bonds. The molecule has 0 atom stereocenters. The number of carbonyl (C=O) groups is 1. The van der Waals surface area contributed by atoms with Gasteiger partial charge in [0.05, 0.1) is 7.11 Å². The molecular formula is C9H13N3O3. The number of rotatable bonds is 3. The molecule has 0 aliphatic heterocycles. The molecule has 0 saturated heterocycles. The van der Waals surface area contributed by atoms with Crippen molar-refractivity contribution < 1.29 is 14.1 Å². The Balaban J connectivity index is 2.18. The van der Waals surface area contributed by atoms with Crippen molar-refractivity contribution >= 4 is 17.7 Å². The highest BCUT2D eigenvalue weighted by Crippen LogP contribution is 2.27. The van der Waals surface area contributed by atoms with Crippen LogP contribution in [0.4, 0.5) is 11.7 Å². The van der Waals surface area contributed by atoms with Gasteiger partial charge in [0.15, 0.2) is 11.4 Å². The largest absolute Gasteiger partial charge is 0.465 e. The van der Waals surface area contributed by atoms with Gasteiger partial charge in [-0.25, -0.2) is 4.79 Å². The lowest BCUT2D eigenvalue weighted by Crippen LogP contribution is -2.28. The summed E-state index contributed by atoms with van der Waals surface area (Å²) in [4.78, 5) is 11.4.